The number of pyridine rings is 1. The number of halogens is 4. The van der Waals surface area contributed by atoms with Crippen molar-refractivity contribution in [3.8, 4) is 0 Å². The number of likely N-dealkylation sites (N-methyl/N-ethyl adjacent to an activating group) is 1. The fraction of sp³-hybridized carbons (Fsp3) is 0.333. The number of nitrogens with zero attached hydrogens (tertiary/aromatic N) is 1. The minimum absolute atomic E-state index is 0.324. The Morgan fingerprint density at radius 1 is 1.18 bits per heavy atom. The van der Waals surface area contributed by atoms with E-state index in [0.29, 0.717) is 6.54 Å². The highest BCUT2D eigenvalue weighted by molar-refractivity contribution is 5.80. The van der Waals surface area contributed by atoms with E-state index in [1.165, 1.54) is 0 Å². The standard InChI is InChI=1S/C9H9F4N3O/c1-2-14-4(17)3-15-7-5(10)8(12)16-9(13)6(7)11/h2-3H2,1H3,(H,14,17)(H,15,16). The normalized spacial score (nSPS) is 10.2. The van der Waals surface area contributed by atoms with E-state index >= 15 is 0 Å². The van der Waals surface area contributed by atoms with E-state index in [4.69, 9.17) is 0 Å². The van der Waals surface area contributed by atoms with Crippen LogP contribution in [0.15, 0.2) is 0 Å². The van der Waals surface area contributed by atoms with Crippen molar-refractivity contribution in [3.63, 3.8) is 0 Å². The number of anilines is 1. The van der Waals surface area contributed by atoms with Gasteiger partial charge in [0, 0.05) is 6.54 Å². The van der Waals surface area contributed by atoms with Crippen LogP contribution in [0, 0.1) is 23.5 Å². The molecule has 0 atom stereocenters. The number of amides is 1. The number of carbonyl (C=O) groups excluding carboxylic acids is 1. The predicted octanol–water partition coefficient (Wildman–Crippen LogP) is 1.19. The number of carbonyl (C=O) groups is 1. The van der Waals surface area contributed by atoms with E-state index in [0.717, 1.165) is 0 Å². The number of aromatic nitrogens is 1. The fourth-order valence-corrected chi connectivity index (χ4v) is 1.07. The van der Waals surface area contributed by atoms with Crippen LogP contribution >= 0.6 is 0 Å². The zero-order valence-electron chi connectivity index (χ0n) is 8.78. The SMILES string of the molecule is CCNC(=O)CNc1c(F)c(F)nc(F)c1F. The molecule has 1 rings (SSSR count). The summed E-state index contributed by atoms with van der Waals surface area (Å²) in [6.07, 6.45) is 0. The molecule has 1 aromatic rings. The summed E-state index contributed by atoms with van der Waals surface area (Å²) in [6.45, 7) is 1.46. The van der Waals surface area contributed by atoms with Gasteiger partial charge in [-0.1, -0.05) is 0 Å². The highest BCUT2D eigenvalue weighted by Crippen LogP contribution is 2.21. The monoisotopic (exact) mass is 251 g/mol. The lowest BCUT2D eigenvalue weighted by Crippen LogP contribution is -2.30. The Kier molecular flexibility index (Phi) is 4.24. The maximum Gasteiger partial charge on any atom is 0.253 e. The summed E-state index contributed by atoms with van der Waals surface area (Å²) in [5, 5.41) is 4.30. The van der Waals surface area contributed by atoms with Crippen molar-refractivity contribution in [2.75, 3.05) is 18.4 Å². The number of hydrogen-bond donors (Lipinski definition) is 2. The van der Waals surface area contributed by atoms with Gasteiger partial charge in [0.1, 0.15) is 5.69 Å². The van der Waals surface area contributed by atoms with E-state index in [9.17, 15) is 22.4 Å². The molecular formula is C9H9F4N3O. The van der Waals surface area contributed by atoms with Crippen LogP contribution in [0.3, 0.4) is 0 Å². The van der Waals surface area contributed by atoms with E-state index < -0.39 is 41.7 Å². The molecule has 0 bridgehead atoms. The molecule has 0 unspecified atom stereocenters. The zero-order chi connectivity index (χ0) is 13.0. The largest absolute Gasteiger partial charge is 0.371 e. The first kappa shape index (κ1) is 13.2. The minimum atomic E-state index is -1.78. The second-order valence-corrected chi connectivity index (χ2v) is 3.00. The maximum absolute atomic E-state index is 13.0. The molecule has 0 aromatic carbocycles. The van der Waals surface area contributed by atoms with Gasteiger partial charge in [-0.3, -0.25) is 4.79 Å². The zero-order valence-corrected chi connectivity index (χ0v) is 8.78. The maximum atomic E-state index is 13.0. The Labute approximate surface area is 94.0 Å². The lowest BCUT2D eigenvalue weighted by molar-refractivity contribution is -0.119. The Balaban J connectivity index is 2.87. The summed E-state index contributed by atoms with van der Waals surface area (Å²) >= 11 is 0. The van der Waals surface area contributed by atoms with Gasteiger partial charge in [-0.15, -0.1) is 0 Å². The van der Waals surface area contributed by atoms with Crippen molar-refractivity contribution in [2.24, 2.45) is 0 Å². The molecule has 0 saturated carbocycles. The van der Waals surface area contributed by atoms with Crippen molar-refractivity contribution in [3.05, 3.63) is 23.5 Å². The first-order valence-corrected chi connectivity index (χ1v) is 4.68. The van der Waals surface area contributed by atoms with Crippen molar-refractivity contribution in [1.82, 2.24) is 10.3 Å². The van der Waals surface area contributed by atoms with Gasteiger partial charge in [0.25, 0.3) is 11.9 Å². The molecule has 1 heterocycles. The Morgan fingerprint density at radius 3 is 2.18 bits per heavy atom. The molecule has 4 nitrogen and oxygen atoms in total. The van der Waals surface area contributed by atoms with Crippen LogP contribution in [0.25, 0.3) is 0 Å². The summed E-state index contributed by atoms with van der Waals surface area (Å²) in [4.78, 5) is 13.4. The number of nitrogens with one attached hydrogen (secondary N) is 2. The second-order valence-electron chi connectivity index (χ2n) is 3.00. The van der Waals surface area contributed by atoms with Gasteiger partial charge < -0.3 is 10.6 Å². The average molecular weight is 251 g/mol. The summed E-state index contributed by atoms with van der Waals surface area (Å²) in [7, 11) is 0. The first-order valence-electron chi connectivity index (χ1n) is 4.68. The minimum Gasteiger partial charge on any atom is -0.371 e. The highest BCUT2D eigenvalue weighted by atomic mass is 19.2. The van der Waals surface area contributed by atoms with Crippen LogP contribution in [-0.4, -0.2) is 24.0 Å². The lowest BCUT2D eigenvalue weighted by atomic mass is 10.3. The van der Waals surface area contributed by atoms with Crippen LogP contribution in [-0.2, 0) is 4.79 Å². The molecule has 0 fully saturated rings. The first-order chi connectivity index (χ1) is 7.97. The second kappa shape index (κ2) is 5.46. The molecule has 2 N–H and O–H groups in total. The van der Waals surface area contributed by atoms with Gasteiger partial charge in [0.15, 0.2) is 0 Å². The van der Waals surface area contributed by atoms with Crippen LogP contribution in [0.5, 0.6) is 0 Å². The summed E-state index contributed by atoms with van der Waals surface area (Å²) in [5.41, 5.74) is -1.05. The highest BCUT2D eigenvalue weighted by Gasteiger charge is 2.20. The Hall–Kier alpha value is -1.86. The smallest absolute Gasteiger partial charge is 0.253 e. The van der Waals surface area contributed by atoms with E-state index in [-0.39, 0.29) is 0 Å². The van der Waals surface area contributed by atoms with Crippen LogP contribution in [0.1, 0.15) is 6.92 Å². The molecule has 0 aliphatic rings. The van der Waals surface area contributed by atoms with Crippen molar-refractivity contribution in [1.29, 1.82) is 0 Å². The van der Waals surface area contributed by atoms with Gasteiger partial charge in [0.05, 0.1) is 6.54 Å². The topological polar surface area (TPSA) is 54.0 Å². The van der Waals surface area contributed by atoms with Crippen molar-refractivity contribution < 1.29 is 22.4 Å². The van der Waals surface area contributed by atoms with Gasteiger partial charge in [0.2, 0.25) is 17.5 Å². The van der Waals surface area contributed by atoms with E-state index in [1.807, 2.05) is 5.32 Å². The van der Waals surface area contributed by atoms with E-state index in [2.05, 4.69) is 10.3 Å². The summed E-state index contributed by atoms with van der Waals surface area (Å²) < 4.78 is 51.4. The van der Waals surface area contributed by atoms with Crippen LogP contribution in [0.2, 0.25) is 0 Å². The molecule has 0 aliphatic carbocycles. The Bertz CT molecular complexity index is 412. The molecule has 17 heavy (non-hydrogen) atoms. The summed E-state index contributed by atoms with van der Waals surface area (Å²) in [6, 6.07) is 0. The molecule has 0 aliphatic heterocycles. The Morgan fingerprint density at radius 2 is 1.71 bits per heavy atom. The number of rotatable bonds is 4. The van der Waals surface area contributed by atoms with Crippen molar-refractivity contribution in [2.45, 2.75) is 6.92 Å². The molecule has 0 radical (unpaired) electrons. The molecule has 1 aromatic heterocycles. The quantitative estimate of drug-likeness (QED) is 0.624. The summed E-state index contributed by atoms with van der Waals surface area (Å²) in [5.74, 6) is -7.46. The number of hydrogen-bond acceptors (Lipinski definition) is 3. The van der Waals surface area contributed by atoms with Gasteiger partial charge in [-0.05, 0) is 6.92 Å². The molecular weight excluding hydrogens is 242 g/mol. The average Bonchev–Trinajstić information content (AvgIpc) is 2.27. The van der Waals surface area contributed by atoms with Crippen LogP contribution < -0.4 is 10.6 Å². The third-order valence-corrected chi connectivity index (χ3v) is 1.80. The van der Waals surface area contributed by atoms with Crippen LogP contribution in [0.4, 0.5) is 23.2 Å². The van der Waals surface area contributed by atoms with Gasteiger partial charge >= 0.3 is 0 Å². The molecule has 94 valence electrons. The third kappa shape index (κ3) is 3.05. The lowest BCUT2D eigenvalue weighted by Gasteiger charge is -2.08. The predicted molar refractivity (Wildman–Crippen MR) is 51.2 cm³/mol. The molecule has 8 heteroatoms. The molecule has 1 amide bonds. The third-order valence-electron chi connectivity index (χ3n) is 1.80. The van der Waals surface area contributed by atoms with Gasteiger partial charge in [-0.2, -0.15) is 22.5 Å². The van der Waals surface area contributed by atoms with Gasteiger partial charge in [-0.25, -0.2) is 0 Å². The molecule has 0 saturated heterocycles. The van der Waals surface area contributed by atoms with E-state index in [1.54, 1.807) is 6.92 Å². The fourth-order valence-electron chi connectivity index (χ4n) is 1.07. The van der Waals surface area contributed by atoms with Crippen molar-refractivity contribution >= 4 is 11.6 Å². The molecule has 0 spiro atoms.